The SMILES string of the molecule is CCCC(CNC(C)C)Oc1ccccc1C. The molecule has 2 heteroatoms. The van der Waals surface area contributed by atoms with Crippen molar-refractivity contribution in [2.24, 2.45) is 0 Å². The second-order valence-corrected chi connectivity index (χ2v) is 4.86. The van der Waals surface area contributed by atoms with Crippen molar-refractivity contribution in [2.45, 2.75) is 52.7 Å². The zero-order valence-corrected chi connectivity index (χ0v) is 11.5. The van der Waals surface area contributed by atoms with Crippen molar-refractivity contribution in [3.63, 3.8) is 0 Å². The van der Waals surface area contributed by atoms with Gasteiger partial charge >= 0.3 is 0 Å². The fourth-order valence-corrected chi connectivity index (χ4v) is 1.76. The van der Waals surface area contributed by atoms with Crippen molar-refractivity contribution in [2.75, 3.05) is 6.54 Å². The number of benzene rings is 1. The third-order valence-corrected chi connectivity index (χ3v) is 2.75. The van der Waals surface area contributed by atoms with Crippen LogP contribution >= 0.6 is 0 Å². The van der Waals surface area contributed by atoms with Gasteiger partial charge in [0.15, 0.2) is 0 Å². The fourth-order valence-electron chi connectivity index (χ4n) is 1.76. The molecule has 1 aromatic rings. The van der Waals surface area contributed by atoms with Crippen LogP contribution in [0.4, 0.5) is 0 Å². The summed E-state index contributed by atoms with van der Waals surface area (Å²) in [5, 5.41) is 3.45. The second-order valence-electron chi connectivity index (χ2n) is 4.86. The van der Waals surface area contributed by atoms with Gasteiger partial charge in [0.2, 0.25) is 0 Å². The van der Waals surface area contributed by atoms with Gasteiger partial charge in [-0.2, -0.15) is 0 Å². The van der Waals surface area contributed by atoms with Crippen LogP contribution in [0.2, 0.25) is 0 Å². The molecule has 0 aromatic heterocycles. The Balaban J connectivity index is 2.56. The lowest BCUT2D eigenvalue weighted by molar-refractivity contribution is 0.182. The lowest BCUT2D eigenvalue weighted by atomic mass is 10.2. The normalized spacial score (nSPS) is 12.8. The number of ether oxygens (including phenoxy) is 1. The van der Waals surface area contributed by atoms with Crippen molar-refractivity contribution in [3.05, 3.63) is 29.8 Å². The van der Waals surface area contributed by atoms with Crippen LogP contribution < -0.4 is 10.1 Å². The van der Waals surface area contributed by atoms with Crippen LogP contribution in [-0.2, 0) is 0 Å². The molecule has 0 aliphatic heterocycles. The molecule has 1 atom stereocenters. The number of aryl methyl sites for hydroxylation is 1. The van der Waals surface area contributed by atoms with Gasteiger partial charge in [-0.1, -0.05) is 45.4 Å². The standard InChI is InChI=1S/C15H25NO/c1-5-8-14(11-16-12(2)3)17-15-10-7-6-9-13(15)4/h6-7,9-10,12,14,16H,5,8,11H2,1-4H3. The first-order chi connectivity index (χ1) is 8.13. The van der Waals surface area contributed by atoms with Gasteiger partial charge in [0.05, 0.1) is 0 Å². The van der Waals surface area contributed by atoms with Crippen molar-refractivity contribution in [1.29, 1.82) is 0 Å². The van der Waals surface area contributed by atoms with Crippen LogP contribution in [0.3, 0.4) is 0 Å². The van der Waals surface area contributed by atoms with Crippen molar-refractivity contribution >= 4 is 0 Å². The molecule has 0 bridgehead atoms. The van der Waals surface area contributed by atoms with E-state index in [4.69, 9.17) is 4.74 Å². The largest absolute Gasteiger partial charge is 0.489 e. The van der Waals surface area contributed by atoms with Gasteiger partial charge < -0.3 is 10.1 Å². The predicted molar refractivity (Wildman–Crippen MR) is 73.6 cm³/mol. The topological polar surface area (TPSA) is 21.3 Å². The van der Waals surface area contributed by atoms with Crippen molar-refractivity contribution in [3.8, 4) is 5.75 Å². The molecule has 0 heterocycles. The lowest BCUT2D eigenvalue weighted by Gasteiger charge is -2.21. The average Bonchev–Trinajstić information content (AvgIpc) is 2.29. The summed E-state index contributed by atoms with van der Waals surface area (Å²) in [4.78, 5) is 0. The monoisotopic (exact) mass is 235 g/mol. The van der Waals surface area contributed by atoms with E-state index < -0.39 is 0 Å². The van der Waals surface area contributed by atoms with Crippen molar-refractivity contribution in [1.82, 2.24) is 5.32 Å². The summed E-state index contributed by atoms with van der Waals surface area (Å²) in [5.41, 5.74) is 1.21. The van der Waals surface area contributed by atoms with Crippen LogP contribution in [0.25, 0.3) is 0 Å². The molecule has 1 unspecified atom stereocenters. The number of para-hydroxylation sites is 1. The van der Waals surface area contributed by atoms with Gasteiger partial charge in [0.25, 0.3) is 0 Å². The number of hydrogen-bond acceptors (Lipinski definition) is 2. The lowest BCUT2D eigenvalue weighted by Crippen LogP contribution is -2.35. The Bertz CT molecular complexity index is 322. The van der Waals surface area contributed by atoms with E-state index in [0.29, 0.717) is 6.04 Å². The van der Waals surface area contributed by atoms with Gasteiger partial charge in [0, 0.05) is 12.6 Å². The molecule has 1 aromatic carbocycles. The third-order valence-electron chi connectivity index (χ3n) is 2.75. The Morgan fingerprint density at radius 3 is 2.53 bits per heavy atom. The summed E-state index contributed by atoms with van der Waals surface area (Å²) in [7, 11) is 0. The molecular weight excluding hydrogens is 210 g/mol. The zero-order valence-electron chi connectivity index (χ0n) is 11.5. The maximum atomic E-state index is 6.07. The molecule has 0 saturated carbocycles. The summed E-state index contributed by atoms with van der Waals surface area (Å²) in [5.74, 6) is 1.01. The summed E-state index contributed by atoms with van der Waals surface area (Å²) < 4.78 is 6.07. The van der Waals surface area contributed by atoms with E-state index in [1.807, 2.05) is 18.2 Å². The van der Waals surface area contributed by atoms with Crippen LogP contribution in [0.1, 0.15) is 39.2 Å². The highest BCUT2D eigenvalue weighted by Gasteiger charge is 2.11. The van der Waals surface area contributed by atoms with Gasteiger partial charge in [-0.25, -0.2) is 0 Å². The first kappa shape index (κ1) is 14.0. The minimum absolute atomic E-state index is 0.267. The molecule has 0 aliphatic carbocycles. The van der Waals surface area contributed by atoms with E-state index in [1.165, 1.54) is 5.56 Å². The molecule has 0 saturated heterocycles. The maximum Gasteiger partial charge on any atom is 0.122 e. The van der Waals surface area contributed by atoms with Crippen molar-refractivity contribution < 1.29 is 4.74 Å². The Labute approximate surface area is 105 Å². The van der Waals surface area contributed by atoms with E-state index in [2.05, 4.69) is 39.1 Å². The molecule has 1 N–H and O–H groups in total. The van der Waals surface area contributed by atoms with Crippen LogP contribution in [0.15, 0.2) is 24.3 Å². The molecule has 0 amide bonds. The highest BCUT2D eigenvalue weighted by Crippen LogP contribution is 2.19. The quantitative estimate of drug-likeness (QED) is 0.780. The van der Waals surface area contributed by atoms with E-state index in [9.17, 15) is 0 Å². The smallest absolute Gasteiger partial charge is 0.122 e. The summed E-state index contributed by atoms with van der Waals surface area (Å²) in [6, 6.07) is 8.72. The molecule has 0 radical (unpaired) electrons. The molecule has 17 heavy (non-hydrogen) atoms. The van der Waals surface area contributed by atoms with E-state index in [0.717, 1.165) is 25.1 Å². The molecule has 0 fully saturated rings. The summed E-state index contributed by atoms with van der Waals surface area (Å²) >= 11 is 0. The molecule has 1 rings (SSSR count). The first-order valence-corrected chi connectivity index (χ1v) is 6.59. The fraction of sp³-hybridized carbons (Fsp3) is 0.600. The van der Waals surface area contributed by atoms with E-state index in [-0.39, 0.29) is 6.10 Å². The third kappa shape index (κ3) is 5.22. The summed E-state index contributed by atoms with van der Waals surface area (Å²) in [6.45, 7) is 9.53. The van der Waals surface area contributed by atoms with E-state index in [1.54, 1.807) is 0 Å². The Morgan fingerprint density at radius 2 is 1.94 bits per heavy atom. The summed E-state index contributed by atoms with van der Waals surface area (Å²) in [6.07, 6.45) is 2.51. The molecule has 96 valence electrons. The highest BCUT2D eigenvalue weighted by atomic mass is 16.5. The number of hydrogen-bond donors (Lipinski definition) is 1. The van der Waals surface area contributed by atoms with Gasteiger partial charge in [-0.05, 0) is 25.0 Å². The van der Waals surface area contributed by atoms with Crippen LogP contribution in [0, 0.1) is 6.92 Å². The molecule has 0 aliphatic rings. The van der Waals surface area contributed by atoms with Crippen LogP contribution in [-0.4, -0.2) is 18.7 Å². The minimum Gasteiger partial charge on any atom is -0.489 e. The Hall–Kier alpha value is -1.02. The Kier molecular flexibility index (Phi) is 6.06. The average molecular weight is 235 g/mol. The minimum atomic E-state index is 0.267. The van der Waals surface area contributed by atoms with Gasteiger partial charge in [0.1, 0.15) is 11.9 Å². The number of nitrogens with one attached hydrogen (secondary N) is 1. The maximum absolute atomic E-state index is 6.07. The van der Waals surface area contributed by atoms with Gasteiger partial charge in [-0.3, -0.25) is 0 Å². The Morgan fingerprint density at radius 1 is 1.24 bits per heavy atom. The highest BCUT2D eigenvalue weighted by molar-refractivity contribution is 5.31. The van der Waals surface area contributed by atoms with Crippen LogP contribution in [0.5, 0.6) is 5.75 Å². The predicted octanol–water partition coefficient (Wildman–Crippen LogP) is 3.54. The van der Waals surface area contributed by atoms with E-state index >= 15 is 0 Å². The molecular formula is C15H25NO. The second kappa shape index (κ2) is 7.33. The molecule has 0 spiro atoms. The van der Waals surface area contributed by atoms with Gasteiger partial charge in [-0.15, -0.1) is 0 Å². The zero-order chi connectivity index (χ0) is 12.7. The molecule has 2 nitrogen and oxygen atoms in total. The first-order valence-electron chi connectivity index (χ1n) is 6.59. The number of rotatable bonds is 7.